The maximum atomic E-state index is 9.34. The number of rotatable bonds is 2. The number of hydrogen-bond donors (Lipinski definition) is 2. The first-order valence-electron chi connectivity index (χ1n) is 3.75. The number of aliphatic hydroxyl groups is 1. The van der Waals surface area contributed by atoms with Gasteiger partial charge in [-0.1, -0.05) is 17.7 Å². The molecule has 0 saturated heterocycles. The highest BCUT2D eigenvalue weighted by Gasteiger charge is 2.07. The van der Waals surface area contributed by atoms with Gasteiger partial charge in [-0.2, -0.15) is 0 Å². The average Bonchev–Trinajstić information content (AvgIpc) is 1.97. The molecule has 1 aromatic carbocycles. The van der Waals surface area contributed by atoms with Crippen LogP contribution in [-0.4, -0.2) is 16.3 Å². The van der Waals surface area contributed by atoms with Crippen molar-refractivity contribution in [3.05, 3.63) is 28.8 Å². The van der Waals surface area contributed by atoms with Gasteiger partial charge in [-0.15, -0.1) is 0 Å². The molecule has 0 aliphatic heterocycles. The molecule has 0 spiro atoms. The smallest absolute Gasteiger partial charge is 0.120 e. The molecule has 1 rings (SSSR count). The van der Waals surface area contributed by atoms with E-state index in [0.29, 0.717) is 17.0 Å². The Bertz CT molecular complexity index is 251. The molecule has 0 aromatic heterocycles. The van der Waals surface area contributed by atoms with Crippen LogP contribution in [0.4, 0.5) is 0 Å². The summed E-state index contributed by atoms with van der Waals surface area (Å²) in [5, 5.41) is 18.9. The lowest BCUT2D eigenvalue weighted by atomic mass is 10.1. The number of hydrogen-bond acceptors (Lipinski definition) is 2. The maximum Gasteiger partial charge on any atom is 0.120 e. The van der Waals surface area contributed by atoms with Crippen molar-refractivity contribution < 1.29 is 10.2 Å². The van der Waals surface area contributed by atoms with Gasteiger partial charge in [0.2, 0.25) is 0 Å². The van der Waals surface area contributed by atoms with Crippen molar-refractivity contribution in [3.63, 3.8) is 0 Å². The van der Waals surface area contributed by atoms with Gasteiger partial charge < -0.3 is 10.2 Å². The minimum absolute atomic E-state index is 0.142. The van der Waals surface area contributed by atoms with Crippen LogP contribution < -0.4 is 0 Å². The number of halogens is 1. The summed E-state index contributed by atoms with van der Waals surface area (Å²) in [4.78, 5) is 0. The van der Waals surface area contributed by atoms with E-state index in [1.54, 1.807) is 25.1 Å². The summed E-state index contributed by atoms with van der Waals surface area (Å²) in [6.45, 7) is 1.66. The van der Waals surface area contributed by atoms with E-state index in [9.17, 15) is 5.11 Å². The highest BCUT2D eigenvalue weighted by atomic mass is 35.5. The molecule has 0 radical (unpaired) electrons. The normalized spacial score (nSPS) is 12.9. The van der Waals surface area contributed by atoms with Crippen molar-refractivity contribution >= 4 is 11.6 Å². The van der Waals surface area contributed by atoms with Gasteiger partial charge in [-0.3, -0.25) is 0 Å². The molecule has 1 atom stereocenters. The van der Waals surface area contributed by atoms with Crippen LogP contribution in [0.3, 0.4) is 0 Å². The number of phenols is 1. The van der Waals surface area contributed by atoms with Crippen LogP contribution in [0.1, 0.15) is 12.5 Å². The van der Waals surface area contributed by atoms with Crippen LogP contribution in [0.2, 0.25) is 5.02 Å². The van der Waals surface area contributed by atoms with Crippen LogP contribution in [0.15, 0.2) is 18.2 Å². The molecule has 0 heterocycles. The van der Waals surface area contributed by atoms with Gasteiger partial charge in [0, 0.05) is 17.0 Å². The quantitative estimate of drug-likeness (QED) is 0.742. The largest absolute Gasteiger partial charge is 0.508 e. The number of benzene rings is 1. The van der Waals surface area contributed by atoms with E-state index in [1.807, 2.05) is 0 Å². The average molecular weight is 187 g/mol. The van der Waals surface area contributed by atoms with Gasteiger partial charge in [0.15, 0.2) is 0 Å². The predicted octanol–water partition coefficient (Wildman–Crippen LogP) is 1.97. The minimum Gasteiger partial charge on any atom is -0.508 e. The lowest BCUT2D eigenvalue weighted by Crippen LogP contribution is -2.04. The van der Waals surface area contributed by atoms with Crippen molar-refractivity contribution in [1.29, 1.82) is 0 Å². The summed E-state index contributed by atoms with van der Waals surface area (Å²) in [6, 6.07) is 4.92. The molecule has 1 aromatic rings. The number of aliphatic hydroxyl groups excluding tert-OH is 1. The summed E-state index contributed by atoms with van der Waals surface area (Å²) in [5.41, 5.74) is 0.606. The first-order chi connectivity index (χ1) is 5.61. The Labute approximate surface area is 76.4 Å². The molecule has 3 heteroatoms. The Hall–Kier alpha value is -0.730. The lowest BCUT2D eigenvalue weighted by molar-refractivity contribution is 0.194. The summed E-state index contributed by atoms with van der Waals surface area (Å²) < 4.78 is 0. The molecule has 0 saturated carbocycles. The fourth-order valence-corrected chi connectivity index (χ4v) is 1.29. The third-order valence-corrected chi connectivity index (χ3v) is 1.95. The zero-order valence-electron chi connectivity index (χ0n) is 6.79. The van der Waals surface area contributed by atoms with E-state index in [0.717, 1.165) is 0 Å². The van der Waals surface area contributed by atoms with Gasteiger partial charge >= 0.3 is 0 Å². The predicted molar refractivity (Wildman–Crippen MR) is 48.5 cm³/mol. The van der Waals surface area contributed by atoms with Gasteiger partial charge in [0.1, 0.15) is 5.75 Å². The summed E-state index contributed by atoms with van der Waals surface area (Å²) in [5.74, 6) is 0.142. The second-order valence-corrected chi connectivity index (χ2v) is 3.20. The second kappa shape index (κ2) is 3.78. The molecule has 0 bridgehead atoms. The molecule has 66 valence electrons. The van der Waals surface area contributed by atoms with Crippen LogP contribution >= 0.6 is 11.6 Å². The molecule has 0 amide bonds. The van der Waals surface area contributed by atoms with E-state index < -0.39 is 6.10 Å². The molecule has 0 aliphatic carbocycles. The molecule has 0 fully saturated rings. The Morgan fingerprint density at radius 3 is 2.67 bits per heavy atom. The molecular formula is C9H11ClO2. The fraction of sp³-hybridized carbons (Fsp3) is 0.333. The molecular weight excluding hydrogens is 176 g/mol. The van der Waals surface area contributed by atoms with Crippen molar-refractivity contribution in [3.8, 4) is 5.75 Å². The number of aromatic hydroxyl groups is 1. The third-order valence-electron chi connectivity index (χ3n) is 1.59. The van der Waals surface area contributed by atoms with Crippen LogP contribution in [0.25, 0.3) is 0 Å². The third kappa shape index (κ3) is 2.13. The Morgan fingerprint density at radius 1 is 1.50 bits per heavy atom. The van der Waals surface area contributed by atoms with Crippen LogP contribution in [0.5, 0.6) is 5.75 Å². The molecule has 12 heavy (non-hydrogen) atoms. The van der Waals surface area contributed by atoms with E-state index >= 15 is 0 Å². The first-order valence-corrected chi connectivity index (χ1v) is 4.13. The molecule has 0 aliphatic rings. The minimum atomic E-state index is -0.490. The summed E-state index contributed by atoms with van der Waals surface area (Å²) in [7, 11) is 0. The van der Waals surface area contributed by atoms with E-state index in [-0.39, 0.29) is 5.75 Å². The Kier molecular flexibility index (Phi) is 2.95. The standard InChI is InChI=1S/C9H11ClO2/c1-6(11)5-7-8(10)3-2-4-9(7)12/h2-4,6,11-12H,5H2,1H3/t6-/m0/s1. The zero-order valence-corrected chi connectivity index (χ0v) is 7.54. The monoisotopic (exact) mass is 186 g/mol. The SMILES string of the molecule is C[C@H](O)Cc1c(O)cccc1Cl. The van der Waals surface area contributed by atoms with Crippen molar-refractivity contribution in [2.75, 3.05) is 0 Å². The van der Waals surface area contributed by atoms with Gasteiger partial charge in [-0.25, -0.2) is 0 Å². The number of phenolic OH excluding ortho intramolecular Hbond substituents is 1. The first kappa shape index (κ1) is 9.36. The van der Waals surface area contributed by atoms with E-state index in [1.165, 1.54) is 0 Å². The highest BCUT2D eigenvalue weighted by Crippen LogP contribution is 2.26. The highest BCUT2D eigenvalue weighted by molar-refractivity contribution is 6.31. The van der Waals surface area contributed by atoms with Crippen LogP contribution in [-0.2, 0) is 6.42 Å². The van der Waals surface area contributed by atoms with E-state index in [2.05, 4.69) is 0 Å². The topological polar surface area (TPSA) is 40.5 Å². The summed E-state index contributed by atoms with van der Waals surface area (Å²) in [6.07, 6.45) is -0.110. The zero-order chi connectivity index (χ0) is 9.14. The Morgan fingerprint density at radius 2 is 2.17 bits per heavy atom. The van der Waals surface area contributed by atoms with Gasteiger partial charge in [0.25, 0.3) is 0 Å². The van der Waals surface area contributed by atoms with Gasteiger partial charge in [0.05, 0.1) is 6.10 Å². The molecule has 2 nitrogen and oxygen atoms in total. The molecule has 0 unspecified atom stereocenters. The Balaban J connectivity index is 2.96. The van der Waals surface area contributed by atoms with Gasteiger partial charge in [-0.05, 0) is 19.1 Å². The van der Waals surface area contributed by atoms with Crippen molar-refractivity contribution in [1.82, 2.24) is 0 Å². The maximum absolute atomic E-state index is 9.34. The second-order valence-electron chi connectivity index (χ2n) is 2.79. The fourth-order valence-electron chi connectivity index (χ4n) is 1.04. The lowest BCUT2D eigenvalue weighted by Gasteiger charge is -2.08. The van der Waals surface area contributed by atoms with E-state index in [4.69, 9.17) is 16.7 Å². The van der Waals surface area contributed by atoms with Crippen molar-refractivity contribution in [2.24, 2.45) is 0 Å². The summed E-state index contributed by atoms with van der Waals surface area (Å²) >= 11 is 5.80. The molecule has 2 N–H and O–H groups in total. The van der Waals surface area contributed by atoms with Crippen molar-refractivity contribution in [2.45, 2.75) is 19.4 Å². The van der Waals surface area contributed by atoms with Crippen LogP contribution in [0, 0.1) is 0 Å².